The summed E-state index contributed by atoms with van der Waals surface area (Å²) in [5.41, 5.74) is 1.86. The highest BCUT2D eigenvalue weighted by Crippen LogP contribution is 2.47. The van der Waals surface area contributed by atoms with Gasteiger partial charge in [-0.15, -0.1) is 0 Å². The summed E-state index contributed by atoms with van der Waals surface area (Å²) in [5.74, 6) is 1.01. The molecule has 2 nitrogen and oxygen atoms in total. The molecule has 0 amide bonds. The van der Waals surface area contributed by atoms with Crippen LogP contribution in [0.4, 0.5) is 0 Å². The summed E-state index contributed by atoms with van der Waals surface area (Å²) in [6, 6.07) is 7.66. The molecule has 0 bridgehead atoms. The van der Waals surface area contributed by atoms with E-state index in [9.17, 15) is 5.11 Å². The number of hydrogen-bond donors (Lipinski definition) is 2. The topological polar surface area (TPSA) is 32.3 Å². The minimum atomic E-state index is 0.362. The van der Waals surface area contributed by atoms with E-state index in [-0.39, 0.29) is 0 Å². The molecule has 1 aromatic carbocycles. The first-order valence-corrected chi connectivity index (χ1v) is 5.31. The SMILES string of the molecule is Oc1ccc(C2CNC3(CC3)C2)cc1. The first-order valence-electron chi connectivity index (χ1n) is 5.31. The summed E-state index contributed by atoms with van der Waals surface area (Å²) in [6.07, 6.45) is 3.97. The number of hydrogen-bond acceptors (Lipinski definition) is 2. The van der Waals surface area contributed by atoms with Gasteiger partial charge < -0.3 is 10.4 Å². The van der Waals surface area contributed by atoms with Crippen LogP contribution in [0.1, 0.15) is 30.7 Å². The van der Waals surface area contributed by atoms with Gasteiger partial charge >= 0.3 is 0 Å². The van der Waals surface area contributed by atoms with Crippen molar-refractivity contribution < 1.29 is 5.11 Å². The van der Waals surface area contributed by atoms with Crippen LogP contribution in [0.3, 0.4) is 0 Å². The van der Waals surface area contributed by atoms with Gasteiger partial charge in [-0.2, -0.15) is 0 Å². The summed E-state index contributed by atoms with van der Waals surface area (Å²) >= 11 is 0. The lowest BCUT2D eigenvalue weighted by Crippen LogP contribution is -2.22. The van der Waals surface area contributed by atoms with Crippen molar-refractivity contribution in [2.24, 2.45) is 0 Å². The number of aromatic hydroxyl groups is 1. The quantitative estimate of drug-likeness (QED) is 0.708. The van der Waals surface area contributed by atoms with Crippen molar-refractivity contribution in [3.05, 3.63) is 29.8 Å². The van der Waals surface area contributed by atoms with Crippen molar-refractivity contribution >= 4 is 0 Å². The third-order valence-electron chi connectivity index (χ3n) is 3.58. The predicted molar refractivity (Wildman–Crippen MR) is 55.4 cm³/mol. The molecule has 2 aliphatic rings. The first kappa shape index (κ1) is 8.30. The standard InChI is InChI=1S/C12H15NO/c14-11-3-1-9(2-4-11)10-7-12(5-6-12)13-8-10/h1-4,10,13-14H,5-8H2. The van der Waals surface area contributed by atoms with E-state index in [4.69, 9.17) is 0 Å². The molecular formula is C12H15NO. The normalized spacial score (nSPS) is 28.1. The Kier molecular flexibility index (Phi) is 1.62. The van der Waals surface area contributed by atoms with Gasteiger partial charge in [-0.3, -0.25) is 0 Å². The van der Waals surface area contributed by atoms with E-state index in [0.717, 1.165) is 6.54 Å². The third kappa shape index (κ3) is 1.30. The van der Waals surface area contributed by atoms with E-state index >= 15 is 0 Å². The molecule has 74 valence electrons. The fraction of sp³-hybridized carbons (Fsp3) is 0.500. The lowest BCUT2D eigenvalue weighted by Gasteiger charge is -2.09. The summed E-state index contributed by atoms with van der Waals surface area (Å²) in [6.45, 7) is 1.10. The minimum Gasteiger partial charge on any atom is -0.508 e. The van der Waals surface area contributed by atoms with Crippen LogP contribution in [0.5, 0.6) is 5.75 Å². The molecule has 1 aliphatic carbocycles. The molecule has 1 saturated carbocycles. The molecular weight excluding hydrogens is 174 g/mol. The van der Waals surface area contributed by atoms with Crippen LogP contribution >= 0.6 is 0 Å². The molecule has 2 N–H and O–H groups in total. The number of phenols is 1. The second-order valence-electron chi connectivity index (χ2n) is 4.65. The fourth-order valence-electron chi connectivity index (χ4n) is 2.47. The predicted octanol–water partition coefficient (Wildman–Crippen LogP) is 2.00. The van der Waals surface area contributed by atoms with Gasteiger partial charge in [-0.25, -0.2) is 0 Å². The Hall–Kier alpha value is -1.02. The van der Waals surface area contributed by atoms with Crippen molar-refractivity contribution in [1.29, 1.82) is 0 Å². The monoisotopic (exact) mass is 189 g/mol. The maximum Gasteiger partial charge on any atom is 0.115 e. The number of benzene rings is 1. The largest absolute Gasteiger partial charge is 0.508 e. The van der Waals surface area contributed by atoms with Gasteiger partial charge in [0.15, 0.2) is 0 Å². The molecule has 1 unspecified atom stereocenters. The maximum absolute atomic E-state index is 9.20. The zero-order chi connectivity index (χ0) is 9.60. The zero-order valence-electron chi connectivity index (χ0n) is 8.16. The van der Waals surface area contributed by atoms with E-state index in [1.165, 1.54) is 24.8 Å². The van der Waals surface area contributed by atoms with Crippen LogP contribution in [-0.4, -0.2) is 17.2 Å². The average molecular weight is 189 g/mol. The Morgan fingerprint density at radius 1 is 1.21 bits per heavy atom. The third-order valence-corrected chi connectivity index (χ3v) is 3.58. The molecule has 1 spiro atoms. The van der Waals surface area contributed by atoms with Gasteiger partial charge in [0.1, 0.15) is 5.75 Å². The lowest BCUT2D eigenvalue weighted by atomic mass is 9.95. The molecule has 1 aromatic rings. The van der Waals surface area contributed by atoms with E-state index in [1.54, 1.807) is 12.1 Å². The van der Waals surface area contributed by atoms with Gasteiger partial charge in [0.05, 0.1) is 0 Å². The van der Waals surface area contributed by atoms with Crippen LogP contribution in [0.2, 0.25) is 0 Å². The molecule has 1 atom stereocenters. The molecule has 0 radical (unpaired) electrons. The van der Waals surface area contributed by atoms with E-state index in [1.807, 2.05) is 12.1 Å². The number of phenolic OH excluding ortho intramolecular Hbond substituents is 1. The highest BCUT2D eigenvalue weighted by atomic mass is 16.3. The second kappa shape index (κ2) is 2.74. The average Bonchev–Trinajstić information content (AvgIpc) is 2.79. The van der Waals surface area contributed by atoms with E-state index in [0.29, 0.717) is 17.2 Å². The highest BCUT2D eigenvalue weighted by molar-refractivity contribution is 5.30. The van der Waals surface area contributed by atoms with Crippen molar-refractivity contribution in [3.8, 4) is 5.75 Å². The van der Waals surface area contributed by atoms with Crippen LogP contribution in [0, 0.1) is 0 Å². The highest BCUT2D eigenvalue weighted by Gasteiger charge is 2.48. The van der Waals surface area contributed by atoms with Crippen molar-refractivity contribution in [2.45, 2.75) is 30.7 Å². The molecule has 1 aliphatic heterocycles. The Balaban J connectivity index is 1.79. The molecule has 1 heterocycles. The maximum atomic E-state index is 9.20. The van der Waals surface area contributed by atoms with E-state index < -0.39 is 0 Å². The molecule has 0 aromatic heterocycles. The smallest absolute Gasteiger partial charge is 0.115 e. The first-order chi connectivity index (χ1) is 6.77. The van der Waals surface area contributed by atoms with Gasteiger partial charge in [0.2, 0.25) is 0 Å². The minimum absolute atomic E-state index is 0.362. The number of nitrogens with one attached hydrogen (secondary N) is 1. The Morgan fingerprint density at radius 3 is 2.50 bits per heavy atom. The molecule has 2 heteroatoms. The molecule has 1 saturated heterocycles. The Labute approximate surface area is 84.0 Å². The Morgan fingerprint density at radius 2 is 1.93 bits per heavy atom. The summed E-state index contributed by atoms with van der Waals surface area (Å²) in [4.78, 5) is 0. The molecule has 2 fully saturated rings. The summed E-state index contributed by atoms with van der Waals surface area (Å²) in [7, 11) is 0. The van der Waals surface area contributed by atoms with E-state index in [2.05, 4.69) is 5.32 Å². The van der Waals surface area contributed by atoms with Crippen LogP contribution in [-0.2, 0) is 0 Å². The summed E-state index contributed by atoms with van der Waals surface area (Å²) in [5, 5.41) is 12.8. The zero-order valence-corrected chi connectivity index (χ0v) is 8.16. The Bertz CT molecular complexity index is 340. The van der Waals surface area contributed by atoms with Crippen LogP contribution in [0.25, 0.3) is 0 Å². The van der Waals surface area contributed by atoms with Crippen molar-refractivity contribution in [3.63, 3.8) is 0 Å². The molecule has 3 rings (SSSR count). The van der Waals surface area contributed by atoms with Crippen LogP contribution in [0.15, 0.2) is 24.3 Å². The van der Waals surface area contributed by atoms with Gasteiger partial charge in [0, 0.05) is 12.1 Å². The van der Waals surface area contributed by atoms with Gasteiger partial charge in [-0.1, -0.05) is 12.1 Å². The van der Waals surface area contributed by atoms with Crippen LogP contribution < -0.4 is 5.32 Å². The second-order valence-corrected chi connectivity index (χ2v) is 4.65. The summed E-state index contributed by atoms with van der Waals surface area (Å²) < 4.78 is 0. The van der Waals surface area contributed by atoms with Gasteiger partial charge in [-0.05, 0) is 42.9 Å². The van der Waals surface area contributed by atoms with Crippen molar-refractivity contribution in [2.75, 3.05) is 6.54 Å². The number of rotatable bonds is 1. The van der Waals surface area contributed by atoms with Gasteiger partial charge in [0.25, 0.3) is 0 Å². The lowest BCUT2D eigenvalue weighted by molar-refractivity contribution is 0.475. The fourth-order valence-corrected chi connectivity index (χ4v) is 2.47. The van der Waals surface area contributed by atoms with Crippen molar-refractivity contribution in [1.82, 2.24) is 5.32 Å². The molecule has 14 heavy (non-hydrogen) atoms.